The van der Waals surface area contributed by atoms with Gasteiger partial charge in [0.1, 0.15) is 17.4 Å². The van der Waals surface area contributed by atoms with Gasteiger partial charge >= 0.3 is 0 Å². The topological polar surface area (TPSA) is 54.2 Å². The maximum atomic E-state index is 9.58. The fourth-order valence-electron chi connectivity index (χ4n) is 3.58. The van der Waals surface area contributed by atoms with Crippen LogP contribution in [0.2, 0.25) is 5.02 Å². The zero-order chi connectivity index (χ0) is 18.6. The number of aromatic hydroxyl groups is 1. The molecule has 0 amide bonds. The molecule has 3 aromatic rings. The minimum Gasteiger partial charge on any atom is -0.506 e. The van der Waals surface area contributed by atoms with E-state index in [4.69, 9.17) is 11.6 Å². The van der Waals surface area contributed by atoms with Crippen molar-refractivity contribution in [3.05, 3.63) is 76.3 Å². The Kier molecular flexibility index (Phi) is 5.41. The van der Waals surface area contributed by atoms with Gasteiger partial charge < -0.3 is 9.67 Å². The van der Waals surface area contributed by atoms with Crippen LogP contribution in [0.3, 0.4) is 0 Å². The second kappa shape index (κ2) is 8.11. The largest absolute Gasteiger partial charge is 0.506 e. The molecule has 2 heterocycles. The van der Waals surface area contributed by atoms with Gasteiger partial charge in [-0.2, -0.15) is 0 Å². The maximum absolute atomic E-state index is 9.58. The van der Waals surface area contributed by atoms with Crippen LogP contribution in [0.25, 0.3) is 0 Å². The van der Waals surface area contributed by atoms with Gasteiger partial charge in [0.2, 0.25) is 0 Å². The molecule has 5 nitrogen and oxygen atoms in total. The average Bonchev–Trinajstić information content (AvgIpc) is 2.97. The van der Waals surface area contributed by atoms with Crippen molar-refractivity contribution in [2.24, 2.45) is 0 Å². The molecular formula is C21H23ClN4O. The number of phenolic OH excluding ortho intramolecular Hbond substituents is 1. The van der Waals surface area contributed by atoms with E-state index in [1.165, 1.54) is 5.56 Å². The van der Waals surface area contributed by atoms with Crippen molar-refractivity contribution >= 4 is 11.6 Å². The lowest BCUT2D eigenvalue weighted by atomic mass is 10.1. The Hall–Kier alpha value is -2.37. The standard InChI is InChI=1S/C21H23ClN4O/c22-18-14-17(6-8-19(18)27)15-25-11-10-21-24-23-20(26(21)13-12-25)9-7-16-4-2-1-3-5-16/h1-6,8,14,27H,7,9-13,15H2. The monoisotopic (exact) mass is 382 g/mol. The number of nitrogens with zero attached hydrogens (tertiary/aromatic N) is 4. The van der Waals surface area contributed by atoms with E-state index in [1.807, 2.05) is 18.2 Å². The van der Waals surface area contributed by atoms with E-state index < -0.39 is 0 Å². The summed E-state index contributed by atoms with van der Waals surface area (Å²) in [5.41, 5.74) is 2.44. The van der Waals surface area contributed by atoms with E-state index in [-0.39, 0.29) is 5.75 Å². The van der Waals surface area contributed by atoms with Gasteiger partial charge in [-0.05, 0) is 29.7 Å². The molecule has 2 aromatic carbocycles. The zero-order valence-corrected chi connectivity index (χ0v) is 15.9. The highest BCUT2D eigenvalue weighted by Gasteiger charge is 2.19. The van der Waals surface area contributed by atoms with Gasteiger partial charge in [-0.3, -0.25) is 4.90 Å². The van der Waals surface area contributed by atoms with Crippen LogP contribution in [0, 0.1) is 0 Å². The Bertz CT molecular complexity index is 910. The highest BCUT2D eigenvalue weighted by atomic mass is 35.5. The Balaban J connectivity index is 1.39. The normalized spacial score (nSPS) is 14.7. The first-order valence-electron chi connectivity index (χ1n) is 9.33. The van der Waals surface area contributed by atoms with E-state index in [0.717, 1.165) is 62.7 Å². The number of benzene rings is 2. The van der Waals surface area contributed by atoms with E-state index in [2.05, 4.69) is 43.9 Å². The van der Waals surface area contributed by atoms with Crippen molar-refractivity contribution in [2.45, 2.75) is 32.4 Å². The van der Waals surface area contributed by atoms with Gasteiger partial charge in [0.15, 0.2) is 0 Å². The molecule has 0 spiro atoms. The fraction of sp³-hybridized carbons (Fsp3) is 0.333. The summed E-state index contributed by atoms with van der Waals surface area (Å²) < 4.78 is 2.28. The summed E-state index contributed by atoms with van der Waals surface area (Å²) in [7, 11) is 0. The van der Waals surface area contributed by atoms with Crippen LogP contribution >= 0.6 is 11.6 Å². The summed E-state index contributed by atoms with van der Waals surface area (Å²) in [5.74, 6) is 2.28. The number of aromatic nitrogens is 3. The molecule has 0 atom stereocenters. The van der Waals surface area contributed by atoms with Crippen molar-refractivity contribution in [1.82, 2.24) is 19.7 Å². The first-order valence-corrected chi connectivity index (χ1v) is 9.71. The quantitative estimate of drug-likeness (QED) is 0.734. The van der Waals surface area contributed by atoms with Crippen LogP contribution in [-0.4, -0.2) is 37.9 Å². The summed E-state index contributed by atoms with van der Waals surface area (Å²) in [4.78, 5) is 2.40. The number of aryl methyl sites for hydroxylation is 2. The molecule has 1 N–H and O–H groups in total. The number of phenols is 1. The van der Waals surface area contributed by atoms with Gasteiger partial charge in [-0.15, -0.1) is 10.2 Å². The molecule has 1 aromatic heterocycles. The Labute approximate surface area is 164 Å². The average molecular weight is 383 g/mol. The predicted octanol–water partition coefficient (Wildman–Crippen LogP) is 3.48. The molecule has 4 rings (SSSR count). The van der Waals surface area contributed by atoms with Crippen LogP contribution in [0.15, 0.2) is 48.5 Å². The molecule has 6 heteroatoms. The van der Waals surface area contributed by atoms with Gasteiger partial charge in [-0.25, -0.2) is 0 Å². The van der Waals surface area contributed by atoms with Crippen LogP contribution in [0.1, 0.15) is 22.8 Å². The Morgan fingerprint density at radius 1 is 0.926 bits per heavy atom. The summed E-state index contributed by atoms with van der Waals surface area (Å²) in [6, 6.07) is 15.9. The summed E-state index contributed by atoms with van der Waals surface area (Å²) in [6.07, 6.45) is 2.78. The van der Waals surface area contributed by atoms with E-state index in [0.29, 0.717) is 5.02 Å². The number of hydrogen-bond acceptors (Lipinski definition) is 4. The Morgan fingerprint density at radius 3 is 2.59 bits per heavy atom. The molecule has 1 aliphatic rings. The SMILES string of the molecule is Oc1ccc(CN2CCc3nnc(CCc4ccccc4)n3CC2)cc1Cl. The van der Waals surface area contributed by atoms with Gasteiger partial charge in [0.25, 0.3) is 0 Å². The summed E-state index contributed by atoms with van der Waals surface area (Å²) in [5, 5.41) is 18.9. The lowest BCUT2D eigenvalue weighted by molar-refractivity contribution is 0.270. The molecule has 0 aliphatic carbocycles. The van der Waals surface area contributed by atoms with Crippen LogP contribution in [-0.2, 0) is 32.4 Å². The van der Waals surface area contributed by atoms with Gasteiger partial charge in [0, 0.05) is 39.0 Å². The molecule has 27 heavy (non-hydrogen) atoms. The molecule has 0 radical (unpaired) electrons. The number of fused-ring (bicyclic) bond motifs is 1. The van der Waals surface area contributed by atoms with Crippen LogP contribution < -0.4 is 0 Å². The minimum absolute atomic E-state index is 0.130. The number of hydrogen-bond donors (Lipinski definition) is 1. The second-order valence-electron chi connectivity index (χ2n) is 6.98. The van der Waals surface area contributed by atoms with Crippen LogP contribution in [0.5, 0.6) is 5.75 Å². The van der Waals surface area contributed by atoms with Gasteiger partial charge in [-0.1, -0.05) is 48.0 Å². The molecular weight excluding hydrogens is 360 g/mol. The van der Waals surface area contributed by atoms with Crippen molar-refractivity contribution in [2.75, 3.05) is 13.1 Å². The van der Waals surface area contributed by atoms with Gasteiger partial charge in [0.05, 0.1) is 5.02 Å². The third kappa shape index (κ3) is 4.31. The summed E-state index contributed by atoms with van der Waals surface area (Å²) >= 11 is 6.03. The molecule has 0 bridgehead atoms. The third-order valence-corrected chi connectivity index (χ3v) is 5.40. The molecule has 140 valence electrons. The Morgan fingerprint density at radius 2 is 1.78 bits per heavy atom. The maximum Gasteiger partial charge on any atom is 0.134 e. The fourth-order valence-corrected chi connectivity index (χ4v) is 3.78. The first kappa shape index (κ1) is 18.0. The smallest absolute Gasteiger partial charge is 0.134 e. The van der Waals surface area contributed by atoms with E-state index in [1.54, 1.807) is 6.07 Å². The second-order valence-corrected chi connectivity index (χ2v) is 7.39. The van der Waals surface area contributed by atoms with Crippen molar-refractivity contribution in [3.8, 4) is 5.75 Å². The number of rotatable bonds is 5. The summed E-state index contributed by atoms with van der Waals surface area (Å²) in [6.45, 7) is 3.60. The molecule has 0 saturated heterocycles. The van der Waals surface area contributed by atoms with E-state index >= 15 is 0 Å². The lowest BCUT2D eigenvalue weighted by Crippen LogP contribution is -2.26. The van der Waals surface area contributed by atoms with Crippen molar-refractivity contribution in [3.63, 3.8) is 0 Å². The minimum atomic E-state index is 0.130. The highest BCUT2D eigenvalue weighted by Crippen LogP contribution is 2.24. The van der Waals surface area contributed by atoms with Crippen LogP contribution in [0.4, 0.5) is 0 Å². The molecule has 0 unspecified atom stereocenters. The lowest BCUT2D eigenvalue weighted by Gasteiger charge is -2.20. The molecule has 1 aliphatic heterocycles. The van der Waals surface area contributed by atoms with Crippen molar-refractivity contribution < 1.29 is 5.11 Å². The third-order valence-electron chi connectivity index (χ3n) is 5.09. The van der Waals surface area contributed by atoms with Crippen molar-refractivity contribution in [1.29, 1.82) is 0 Å². The molecule has 0 saturated carbocycles. The zero-order valence-electron chi connectivity index (χ0n) is 15.2. The number of halogens is 1. The van der Waals surface area contributed by atoms with E-state index in [9.17, 15) is 5.11 Å². The predicted molar refractivity (Wildman–Crippen MR) is 106 cm³/mol. The first-order chi connectivity index (χ1) is 13.2. The highest BCUT2D eigenvalue weighted by molar-refractivity contribution is 6.32. The molecule has 0 fully saturated rings.